The molecule has 1 saturated heterocycles. The largest absolute Gasteiger partial charge is 0.395 e. The molecule has 1 atom stereocenters. The molecule has 88 valence electrons. The van der Waals surface area contributed by atoms with Crippen molar-refractivity contribution in [2.45, 2.75) is 12.6 Å². The summed E-state index contributed by atoms with van der Waals surface area (Å²) in [6, 6.07) is 3.90. The molecule has 1 aromatic heterocycles. The Balaban J connectivity index is 2.02. The third kappa shape index (κ3) is 2.69. The highest BCUT2D eigenvalue weighted by atomic mass is 16.5. The number of pyridine rings is 1. The van der Waals surface area contributed by atoms with Gasteiger partial charge < -0.3 is 15.6 Å². The second-order valence-electron chi connectivity index (χ2n) is 3.97. The van der Waals surface area contributed by atoms with Crippen LogP contribution in [0.5, 0.6) is 0 Å². The van der Waals surface area contributed by atoms with E-state index in [1.165, 1.54) is 0 Å². The first kappa shape index (κ1) is 11.3. The van der Waals surface area contributed by atoms with Crippen LogP contribution in [0.15, 0.2) is 18.3 Å². The van der Waals surface area contributed by atoms with Gasteiger partial charge in [-0.25, -0.2) is 4.98 Å². The zero-order valence-corrected chi connectivity index (χ0v) is 9.17. The minimum Gasteiger partial charge on any atom is -0.395 e. The standard InChI is InChI=1S/C11H17N3O2/c12-11-5-9(1-2-13-11)6-14-3-4-16-8-10(14)7-15/h1-2,5,10,15H,3-4,6-8H2,(H2,12,13). The van der Waals surface area contributed by atoms with Gasteiger partial charge in [0.2, 0.25) is 0 Å². The van der Waals surface area contributed by atoms with Crippen molar-refractivity contribution in [1.29, 1.82) is 0 Å². The molecule has 1 aliphatic heterocycles. The van der Waals surface area contributed by atoms with E-state index in [2.05, 4.69) is 9.88 Å². The fraction of sp³-hybridized carbons (Fsp3) is 0.545. The summed E-state index contributed by atoms with van der Waals surface area (Å²) >= 11 is 0. The number of morpholine rings is 1. The van der Waals surface area contributed by atoms with Crippen LogP contribution in [-0.2, 0) is 11.3 Å². The van der Waals surface area contributed by atoms with Crippen LogP contribution in [0, 0.1) is 0 Å². The van der Waals surface area contributed by atoms with Crippen LogP contribution in [0.4, 0.5) is 5.82 Å². The number of ether oxygens (including phenoxy) is 1. The topological polar surface area (TPSA) is 71.6 Å². The fourth-order valence-electron chi connectivity index (χ4n) is 1.89. The molecule has 0 bridgehead atoms. The van der Waals surface area contributed by atoms with Gasteiger partial charge in [-0.1, -0.05) is 0 Å². The normalized spacial score (nSPS) is 22.2. The van der Waals surface area contributed by atoms with Gasteiger partial charge >= 0.3 is 0 Å². The minimum absolute atomic E-state index is 0.0862. The van der Waals surface area contributed by atoms with Gasteiger partial charge in [-0.3, -0.25) is 4.90 Å². The van der Waals surface area contributed by atoms with Gasteiger partial charge in [0.15, 0.2) is 0 Å². The molecule has 5 heteroatoms. The third-order valence-corrected chi connectivity index (χ3v) is 2.79. The van der Waals surface area contributed by atoms with Crippen molar-refractivity contribution in [2.75, 3.05) is 32.1 Å². The molecule has 1 aromatic rings. The lowest BCUT2D eigenvalue weighted by Gasteiger charge is -2.34. The summed E-state index contributed by atoms with van der Waals surface area (Å²) in [5.41, 5.74) is 6.75. The second-order valence-corrected chi connectivity index (χ2v) is 3.97. The van der Waals surface area contributed by atoms with E-state index in [4.69, 9.17) is 10.5 Å². The number of nitrogens with zero attached hydrogens (tertiary/aromatic N) is 2. The fourth-order valence-corrected chi connectivity index (χ4v) is 1.89. The van der Waals surface area contributed by atoms with Crippen molar-refractivity contribution in [3.8, 4) is 0 Å². The predicted molar refractivity (Wildman–Crippen MR) is 60.8 cm³/mol. The Kier molecular flexibility index (Phi) is 3.71. The first-order valence-electron chi connectivity index (χ1n) is 5.42. The number of aromatic nitrogens is 1. The number of rotatable bonds is 3. The van der Waals surface area contributed by atoms with Crippen LogP contribution in [-0.4, -0.2) is 47.4 Å². The van der Waals surface area contributed by atoms with E-state index in [1.54, 1.807) is 6.20 Å². The molecule has 0 amide bonds. The van der Waals surface area contributed by atoms with Crippen LogP contribution >= 0.6 is 0 Å². The molecule has 16 heavy (non-hydrogen) atoms. The molecular weight excluding hydrogens is 206 g/mol. The van der Waals surface area contributed by atoms with Crippen molar-refractivity contribution in [1.82, 2.24) is 9.88 Å². The molecule has 0 aromatic carbocycles. The lowest BCUT2D eigenvalue weighted by molar-refractivity contribution is -0.0312. The molecule has 2 rings (SSSR count). The Morgan fingerprint density at radius 2 is 2.50 bits per heavy atom. The summed E-state index contributed by atoms with van der Waals surface area (Å²) in [5, 5.41) is 9.24. The number of aliphatic hydroxyl groups is 1. The minimum atomic E-state index is 0.0862. The summed E-state index contributed by atoms with van der Waals surface area (Å²) in [5.74, 6) is 0.534. The first-order chi connectivity index (χ1) is 7.79. The average molecular weight is 223 g/mol. The molecule has 0 radical (unpaired) electrons. The quantitative estimate of drug-likeness (QED) is 0.746. The number of anilines is 1. The second kappa shape index (κ2) is 5.25. The number of aliphatic hydroxyl groups excluding tert-OH is 1. The van der Waals surface area contributed by atoms with Crippen molar-refractivity contribution in [2.24, 2.45) is 0 Å². The first-order valence-corrected chi connectivity index (χ1v) is 5.42. The molecule has 1 aliphatic rings. The summed E-state index contributed by atoms with van der Waals surface area (Å²) in [7, 11) is 0. The Bertz CT molecular complexity index is 346. The summed E-state index contributed by atoms with van der Waals surface area (Å²) in [4.78, 5) is 6.16. The van der Waals surface area contributed by atoms with Crippen molar-refractivity contribution >= 4 is 5.82 Å². The summed E-state index contributed by atoms with van der Waals surface area (Å²) in [6.45, 7) is 3.06. The maximum absolute atomic E-state index is 9.24. The summed E-state index contributed by atoms with van der Waals surface area (Å²) < 4.78 is 5.33. The molecule has 2 heterocycles. The van der Waals surface area contributed by atoms with Gasteiger partial charge in [-0.05, 0) is 17.7 Å². The maximum Gasteiger partial charge on any atom is 0.123 e. The SMILES string of the molecule is Nc1cc(CN2CCOCC2CO)ccn1. The Morgan fingerprint density at radius 3 is 3.25 bits per heavy atom. The van der Waals surface area contributed by atoms with E-state index in [-0.39, 0.29) is 12.6 Å². The van der Waals surface area contributed by atoms with E-state index in [0.717, 1.165) is 25.3 Å². The Labute approximate surface area is 94.8 Å². The van der Waals surface area contributed by atoms with Crippen LogP contribution in [0.1, 0.15) is 5.56 Å². The molecule has 0 saturated carbocycles. The van der Waals surface area contributed by atoms with Crippen LogP contribution < -0.4 is 5.73 Å². The summed E-state index contributed by atoms with van der Waals surface area (Å²) in [6.07, 6.45) is 1.71. The number of nitrogen functional groups attached to an aromatic ring is 1. The lowest BCUT2D eigenvalue weighted by Crippen LogP contribution is -2.46. The third-order valence-electron chi connectivity index (χ3n) is 2.79. The van der Waals surface area contributed by atoms with Gasteiger partial charge in [-0.15, -0.1) is 0 Å². The smallest absolute Gasteiger partial charge is 0.123 e. The van der Waals surface area contributed by atoms with E-state index >= 15 is 0 Å². The highest BCUT2D eigenvalue weighted by Crippen LogP contribution is 2.12. The molecule has 5 nitrogen and oxygen atoms in total. The average Bonchev–Trinajstić information content (AvgIpc) is 2.30. The molecule has 0 aliphatic carbocycles. The van der Waals surface area contributed by atoms with Crippen molar-refractivity contribution in [3.05, 3.63) is 23.9 Å². The van der Waals surface area contributed by atoms with Crippen molar-refractivity contribution < 1.29 is 9.84 Å². The number of nitrogens with two attached hydrogens (primary N) is 1. The number of hydrogen-bond acceptors (Lipinski definition) is 5. The van der Waals surface area contributed by atoms with Gasteiger partial charge in [0.25, 0.3) is 0 Å². The molecular formula is C11H17N3O2. The zero-order chi connectivity index (χ0) is 11.4. The molecule has 0 spiro atoms. The van der Waals surface area contributed by atoms with Crippen LogP contribution in [0.2, 0.25) is 0 Å². The van der Waals surface area contributed by atoms with Gasteiger partial charge in [0.05, 0.1) is 25.9 Å². The van der Waals surface area contributed by atoms with E-state index in [0.29, 0.717) is 12.4 Å². The van der Waals surface area contributed by atoms with Gasteiger partial charge in [0.1, 0.15) is 5.82 Å². The van der Waals surface area contributed by atoms with Gasteiger partial charge in [0, 0.05) is 19.3 Å². The lowest BCUT2D eigenvalue weighted by atomic mass is 10.2. The Morgan fingerprint density at radius 1 is 1.62 bits per heavy atom. The highest BCUT2D eigenvalue weighted by molar-refractivity contribution is 5.31. The van der Waals surface area contributed by atoms with Crippen molar-refractivity contribution in [3.63, 3.8) is 0 Å². The Hall–Kier alpha value is -1.17. The zero-order valence-electron chi connectivity index (χ0n) is 9.17. The number of hydrogen-bond donors (Lipinski definition) is 2. The van der Waals surface area contributed by atoms with Crippen LogP contribution in [0.3, 0.4) is 0 Å². The van der Waals surface area contributed by atoms with E-state index in [1.807, 2.05) is 12.1 Å². The molecule has 1 unspecified atom stereocenters. The van der Waals surface area contributed by atoms with Gasteiger partial charge in [-0.2, -0.15) is 0 Å². The van der Waals surface area contributed by atoms with E-state index in [9.17, 15) is 5.11 Å². The molecule has 1 fully saturated rings. The molecule has 3 N–H and O–H groups in total. The highest BCUT2D eigenvalue weighted by Gasteiger charge is 2.22. The monoisotopic (exact) mass is 223 g/mol. The van der Waals surface area contributed by atoms with E-state index < -0.39 is 0 Å². The maximum atomic E-state index is 9.24. The predicted octanol–water partition coefficient (Wildman–Crippen LogP) is -0.143. The van der Waals surface area contributed by atoms with Crippen LogP contribution in [0.25, 0.3) is 0 Å².